The van der Waals surface area contributed by atoms with Crippen LogP contribution in [0.4, 0.5) is 11.6 Å². The lowest BCUT2D eigenvalue weighted by atomic mass is 10.1. The van der Waals surface area contributed by atoms with E-state index in [9.17, 15) is 9.59 Å². The fourth-order valence-corrected chi connectivity index (χ4v) is 2.89. The lowest BCUT2D eigenvalue weighted by Gasteiger charge is -2.10. The van der Waals surface area contributed by atoms with E-state index in [0.29, 0.717) is 22.9 Å². The fourth-order valence-electron chi connectivity index (χ4n) is 2.76. The molecule has 0 unspecified atom stereocenters. The summed E-state index contributed by atoms with van der Waals surface area (Å²) in [5.74, 6) is -0.358. The van der Waals surface area contributed by atoms with Crippen molar-refractivity contribution in [2.75, 3.05) is 17.7 Å². The quantitative estimate of drug-likeness (QED) is 0.605. The molecule has 3 N–H and O–H groups in total. The summed E-state index contributed by atoms with van der Waals surface area (Å²) in [6, 6.07) is 6.63. The van der Waals surface area contributed by atoms with Gasteiger partial charge in [0.05, 0.1) is 0 Å². The molecule has 0 bridgehead atoms. The molecule has 0 saturated carbocycles. The molecule has 1 amide bonds. The first kappa shape index (κ1) is 19.6. The highest BCUT2D eigenvalue weighted by Gasteiger charge is 2.15. The van der Waals surface area contributed by atoms with E-state index in [-0.39, 0.29) is 19.0 Å². The van der Waals surface area contributed by atoms with Crippen LogP contribution in [0.3, 0.4) is 0 Å². The predicted octanol–water partition coefficient (Wildman–Crippen LogP) is 2.09. The van der Waals surface area contributed by atoms with E-state index in [1.165, 1.54) is 0 Å². The van der Waals surface area contributed by atoms with Crippen LogP contribution in [0.5, 0.6) is 0 Å². The van der Waals surface area contributed by atoms with E-state index in [2.05, 4.69) is 20.4 Å². The monoisotopic (exact) mass is 402 g/mol. The Hall–Kier alpha value is -3.20. The number of esters is 1. The van der Waals surface area contributed by atoms with Crippen molar-refractivity contribution in [2.24, 2.45) is 0 Å². The van der Waals surface area contributed by atoms with Crippen molar-refractivity contribution in [3.63, 3.8) is 0 Å². The van der Waals surface area contributed by atoms with Crippen LogP contribution < -0.4 is 11.1 Å². The average molecular weight is 403 g/mol. The van der Waals surface area contributed by atoms with Crippen LogP contribution in [0.15, 0.2) is 24.3 Å². The molecule has 28 heavy (non-hydrogen) atoms. The second-order valence-corrected chi connectivity index (χ2v) is 6.60. The Morgan fingerprint density at radius 1 is 1.21 bits per heavy atom. The molecule has 0 saturated heterocycles. The number of fused-ring (bicyclic) bond motifs is 1. The number of benzene rings is 1. The minimum absolute atomic E-state index is 0.104. The number of halogens is 1. The normalized spacial score (nSPS) is 10.8. The van der Waals surface area contributed by atoms with Crippen molar-refractivity contribution in [2.45, 2.75) is 26.7 Å². The minimum Gasteiger partial charge on any atom is -0.456 e. The number of aryl methyl sites for hydroxylation is 2. The topological polar surface area (TPSA) is 124 Å². The third kappa shape index (κ3) is 4.55. The van der Waals surface area contributed by atoms with Gasteiger partial charge in [0.1, 0.15) is 0 Å². The van der Waals surface area contributed by atoms with Gasteiger partial charge in [0.25, 0.3) is 11.7 Å². The smallest absolute Gasteiger partial charge is 0.306 e. The zero-order valence-corrected chi connectivity index (χ0v) is 16.2. The number of anilines is 2. The first-order valence-electron chi connectivity index (χ1n) is 8.53. The van der Waals surface area contributed by atoms with E-state index in [0.717, 1.165) is 17.0 Å². The van der Waals surface area contributed by atoms with Crippen LogP contribution in [-0.4, -0.2) is 38.1 Å². The van der Waals surface area contributed by atoms with E-state index in [1.807, 2.05) is 13.8 Å². The van der Waals surface area contributed by atoms with Gasteiger partial charge >= 0.3 is 5.97 Å². The number of amides is 1. The molecule has 1 aromatic carbocycles. The van der Waals surface area contributed by atoms with Gasteiger partial charge in [0.2, 0.25) is 5.95 Å². The van der Waals surface area contributed by atoms with E-state index < -0.39 is 11.9 Å². The van der Waals surface area contributed by atoms with Gasteiger partial charge in [-0.25, -0.2) is 4.98 Å². The lowest BCUT2D eigenvalue weighted by molar-refractivity contribution is -0.147. The van der Waals surface area contributed by atoms with Crippen molar-refractivity contribution in [1.82, 2.24) is 19.6 Å². The van der Waals surface area contributed by atoms with Crippen molar-refractivity contribution in [3.8, 4) is 0 Å². The number of hydrogen-bond acceptors (Lipinski definition) is 7. The number of nitrogen functional groups attached to an aromatic ring is 1. The highest BCUT2D eigenvalue weighted by molar-refractivity contribution is 6.30. The first-order chi connectivity index (χ1) is 13.3. The molecule has 0 fully saturated rings. The number of hydrogen-bond donors (Lipinski definition) is 2. The number of carbonyl (C=O) groups excluding carboxylic acids is 2. The summed E-state index contributed by atoms with van der Waals surface area (Å²) in [7, 11) is 0. The van der Waals surface area contributed by atoms with Gasteiger partial charge < -0.3 is 15.8 Å². The molecule has 9 nitrogen and oxygen atoms in total. The van der Waals surface area contributed by atoms with Crippen LogP contribution in [0.1, 0.15) is 23.4 Å². The fraction of sp³-hybridized carbons (Fsp3) is 0.278. The Kier molecular flexibility index (Phi) is 5.74. The second-order valence-electron chi connectivity index (χ2n) is 6.16. The molecular weight excluding hydrogens is 384 g/mol. The van der Waals surface area contributed by atoms with E-state index >= 15 is 0 Å². The van der Waals surface area contributed by atoms with Crippen molar-refractivity contribution >= 4 is 40.9 Å². The Bertz CT molecular complexity index is 1030. The summed E-state index contributed by atoms with van der Waals surface area (Å²) in [4.78, 5) is 32.3. The summed E-state index contributed by atoms with van der Waals surface area (Å²) in [6.45, 7) is 3.32. The Morgan fingerprint density at radius 2 is 1.93 bits per heavy atom. The molecule has 0 atom stereocenters. The van der Waals surface area contributed by atoms with Gasteiger partial charge in [-0.2, -0.15) is 9.50 Å². The maximum absolute atomic E-state index is 12.0. The second kappa shape index (κ2) is 8.22. The maximum Gasteiger partial charge on any atom is 0.306 e. The Balaban J connectivity index is 1.53. The van der Waals surface area contributed by atoms with Crippen molar-refractivity contribution in [3.05, 3.63) is 46.2 Å². The molecule has 0 radical (unpaired) electrons. The van der Waals surface area contributed by atoms with Crippen LogP contribution in [0.2, 0.25) is 5.02 Å². The number of nitrogens with one attached hydrogen (secondary N) is 1. The van der Waals surface area contributed by atoms with Gasteiger partial charge in [0, 0.05) is 28.5 Å². The number of nitrogens with two attached hydrogens (primary N) is 1. The molecule has 0 aliphatic rings. The first-order valence-corrected chi connectivity index (χ1v) is 8.90. The molecule has 3 rings (SSSR count). The molecule has 2 aromatic heterocycles. The summed E-state index contributed by atoms with van der Waals surface area (Å²) >= 11 is 5.79. The third-order valence-corrected chi connectivity index (χ3v) is 4.39. The van der Waals surface area contributed by atoms with Crippen molar-refractivity contribution in [1.29, 1.82) is 0 Å². The highest BCUT2D eigenvalue weighted by atomic mass is 35.5. The molecular formula is C18H19ClN6O3. The number of aromatic nitrogens is 4. The highest BCUT2D eigenvalue weighted by Crippen LogP contribution is 2.16. The summed E-state index contributed by atoms with van der Waals surface area (Å²) in [6.07, 6.45) is 0.505. The van der Waals surface area contributed by atoms with Crippen LogP contribution in [-0.2, 0) is 20.7 Å². The number of rotatable bonds is 6. The molecule has 146 valence electrons. The van der Waals surface area contributed by atoms with E-state index in [4.69, 9.17) is 22.1 Å². The maximum atomic E-state index is 12.0. The standard InChI is InChI=1S/C18H19ClN6O3/c1-10-14(11(2)25-18(21-10)23-17(20)24-25)7-8-16(27)28-9-15(26)22-13-5-3-12(19)4-6-13/h3-6H,7-9H2,1-2H3,(H2,20,24)(H,22,26). The molecule has 0 spiro atoms. The summed E-state index contributed by atoms with van der Waals surface area (Å²) in [5, 5.41) is 7.28. The number of nitrogens with zero attached hydrogens (tertiary/aromatic N) is 4. The summed E-state index contributed by atoms with van der Waals surface area (Å²) in [5.41, 5.74) is 8.59. The van der Waals surface area contributed by atoms with Crippen LogP contribution >= 0.6 is 11.6 Å². The van der Waals surface area contributed by atoms with Gasteiger partial charge in [-0.3, -0.25) is 9.59 Å². The van der Waals surface area contributed by atoms with E-state index in [1.54, 1.807) is 28.8 Å². The SMILES string of the molecule is Cc1nc2nc(N)nn2c(C)c1CCC(=O)OCC(=O)Nc1ccc(Cl)cc1. The van der Waals surface area contributed by atoms with Gasteiger partial charge in [0.15, 0.2) is 6.61 Å². The summed E-state index contributed by atoms with van der Waals surface area (Å²) < 4.78 is 6.58. The number of carbonyl (C=O) groups is 2. The van der Waals surface area contributed by atoms with Crippen molar-refractivity contribution < 1.29 is 14.3 Å². The number of ether oxygens (including phenoxy) is 1. The van der Waals surface area contributed by atoms with Gasteiger partial charge in [-0.05, 0) is 50.1 Å². The molecule has 2 heterocycles. The van der Waals surface area contributed by atoms with Crippen LogP contribution in [0.25, 0.3) is 5.78 Å². The van der Waals surface area contributed by atoms with Gasteiger partial charge in [-0.1, -0.05) is 11.6 Å². The Morgan fingerprint density at radius 3 is 2.64 bits per heavy atom. The van der Waals surface area contributed by atoms with Gasteiger partial charge in [-0.15, -0.1) is 5.10 Å². The third-order valence-electron chi connectivity index (χ3n) is 4.14. The minimum atomic E-state index is -0.483. The average Bonchev–Trinajstić information content (AvgIpc) is 3.02. The predicted molar refractivity (Wildman–Crippen MR) is 104 cm³/mol. The van der Waals surface area contributed by atoms with Crippen LogP contribution in [0, 0.1) is 13.8 Å². The molecule has 0 aliphatic carbocycles. The lowest BCUT2D eigenvalue weighted by Crippen LogP contribution is -2.21. The molecule has 0 aliphatic heterocycles. The zero-order valence-electron chi connectivity index (χ0n) is 15.4. The molecule has 3 aromatic rings. The zero-order chi connectivity index (χ0) is 20.3. The Labute approximate surface area is 165 Å². The largest absolute Gasteiger partial charge is 0.456 e. The molecule has 10 heteroatoms.